The van der Waals surface area contributed by atoms with Crippen LogP contribution in [0.1, 0.15) is 18.1 Å². The van der Waals surface area contributed by atoms with Gasteiger partial charge in [-0.25, -0.2) is 0 Å². The van der Waals surface area contributed by atoms with E-state index in [0.29, 0.717) is 42.7 Å². The predicted octanol–water partition coefficient (Wildman–Crippen LogP) is 3.64. The van der Waals surface area contributed by atoms with Crippen LogP contribution in [0.15, 0.2) is 42.5 Å². The largest absolute Gasteiger partial charge is 0.493 e. The first kappa shape index (κ1) is 24.5. The van der Waals surface area contributed by atoms with E-state index in [0.717, 1.165) is 11.1 Å². The maximum absolute atomic E-state index is 12.5. The van der Waals surface area contributed by atoms with Crippen LogP contribution in [0.3, 0.4) is 0 Å². The van der Waals surface area contributed by atoms with Gasteiger partial charge < -0.3 is 24.3 Å². The number of amides is 1. The molecule has 166 valence electrons. The molecule has 0 radical (unpaired) electrons. The maximum Gasteiger partial charge on any atom is 0.251 e. The molecule has 2 aromatic rings. The van der Waals surface area contributed by atoms with E-state index in [1.165, 1.54) is 0 Å². The topological polar surface area (TPSA) is 66.0 Å². The molecule has 0 aromatic heterocycles. The monoisotopic (exact) mass is 445 g/mol. The molecule has 0 saturated heterocycles. The normalized spacial score (nSPS) is 11.4. The zero-order valence-electron chi connectivity index (χ0n) is 17.9. The zero-order valence-corrected chi connectivity index (χ0v) is 18.6. The lowest BCUT2D eigenvalue weighted by atomic mass is 10.1. The third kappa shape index (κ3) is 8.50. The standard InChI is InChI=1S/C24H28ClNO5/c1-4-14-31-21-11-8-18(15-22(21)28-3)12-13-26-24(27)23(30-5-2)17-29-16-19-6-9-20(25)10-7-19/h1,6-11,15,23H,5,12-14,16-17H2,2-3H3,(H,26,27). The van der Waals surface area contributed by atoms with Crippen molar-refractivity contribution in [2.75, 3.05) is 33.5 Å². The average molecular weight is 446 g/mol. The second kappa shape index (κ2) is 13.6. The van der Waals surface area contributed by atoms with Crippen molar-refractivity contribution in [3.63, 3.8) is 0 Å². The molecule has 0 spiro atoms. The molecule has 0 aliphatic heterocycles. The molecular formula is C24H28ClNO5. The van der Waals surface area contributed by atoms with Crippen LogP contribution in [0, 0.1) is 12.3 Å². The van der Waals surface area contributed by atoms with E-state index >= 15 is 0 Å². The van der Waals surface area contributed by atoms with Gasteiger partial charge in [-0.2, -0.15) is 0 Å². The van der Waals surface area contributed by atoms with Crippen LogP contribution in [-0.4, -0.2) is 45.5 Å². The third-order valence-electron chi connectivity index (χ3n) is 4.36. The molecule has 1 N–H and O–H groups in total. The van der Waals surface area contributed by atoms with Crippen molar-refractivity contribution in [2.24, 2.45) is 0 Å². The molecule has 7 heteroatoms. The number of nitrogens with one attached hydrogen (secondary N) is 1. The van der Waals surface area contributed by atoms with Gasteiger partial charge in [-0.05, 0) is 48.7 Å². The highest BCUT2D eigenvalue weighted by molar-refractivity contribution is 6.30. The van der Waals surface area contributed by atoms with Crippen molar-refractivity contribution in [3.05, 3.63) is 58.6 Å². The number of hydrogen-bond donors (Lipinski definition) is 1. The molecular weight excluding hydrogens is 418 g/mol. The Labute approximate surface area is 188 Å². The van der Waals surface area contributed by atoms with E-state index in [1.807, 2.05) is 31.2 Å². The summed E-state index contributed by atoms with van der Waals surface area (Å²) in [6, 6.07) is 13.0. The Hall–Kier alpha value is -2.72. The van der Waals surface area contributed by atoms with E-state index in [2.05, 4.69) is 11.2 Å². The summed E-state index contributed by atoms with van der Waals surface area (Å²) in [6.45, 7) is 3.42. The number of halogens is 1. The Morgan fingerprint density at radius 1 is 1.16 bits per heavy atom. The van der Waals surface area contributed by atoms with E-state index in [-0.39, 0.29) is 19.1 Å². The number of terminal acetylenes is 1. The van der Waals surface area contributed by atoms with Gasteiger partial charge in [0.25, 0.3) is 5.91 Å². The van der Waals surface area contributed by atoms with Crippen LogP contribution in [0.5, 0.6) is 11.5 Å². The first-order chi connectivity index (χ1) is 15.1. The fourth-order valence-electron chi connectivity index (χ4n) is 2.82. The van der Waals surface area contributed by atoms with E-state index in [4.69, 9.17) is 37.0 Å². The van der Waals surface area contributed by atoms with Crippen molar-refractivity contribution in [3.8, 4) is 23.8 Å². The lowest BCUT2D eigenvalue weighted by molar-refractivity contribution is -0.137. The zero-order chi connectivity index (χ0) is 22.5. The van der Waals surface area contributed by atoms with Gasteiger partial charge in [0.15, 0.2) is 17.6 Å². The quantitative estimate of drug-likeness (QED) is 0.477. The molecule has 1 atom stereocenters. The van der Waals surface area contributed by atoms with Crippen LogP contribution in [0.2, 0.25) is 5.02 Å². The molecule has 6 nitrogen and oxygen atoms in total. The van der Waals surface area contributed by atoms with E-state index in [1.54, 1.807) is 25.3 Å². The Morgan fingerprint density at radius 3 is 2.58 bits per heavy atom. The number of carbonyl (C=O) groups is 1. The van der Waals surface area contributed by atoms with Gasteiger partial charge in [0.05, 0.1) is 20.3 Å². The average Bonchev–Trinajstić information content (AvgIpc) is 2.78. The summed E-state index contributed by atoms with van der Waals surface area (Å²) in [5, 5.41) is 3.57. The summed E-state index contributed by atoms with van der Waals surface area (Å²) < 4.78 is 22.0. The molecule has 0 heterocycles. The number of benzene rings is 2. The molecule has 0 fully saturated rings. The van der Waals surface area contributed by atoms with Gasteiger partial charge in [0, 0.05) is 18.2 Å². The van der Waals surface area contributed by atoms with E-state index in [9.17, 15) is 4.79 Å². The van der Waals surface area contributed by atoms with Crippen LogP contribution >= 0.6 is 11.6 Å². The number of carbonyl (C=O) groups excluding carboxylic acids is 1. The Balaban J connectivity index is 1.81. The van der Waals surface area contributed by atoms with Gasteiger partial charge in [0.1, 0.15) is 6.61 Å². The van der Waals surface area contributed by atoms with Crippen LogP contribution in [0.25, 0.3) is 0 Å². The van der Waals surface area contributed by atoms with Gasteiger partial charge in [0.2, 0.25) is 0 Å². The third-order valence-corrected chi connectivity index (χ3v) is 4.62. The van der Waals surface area contributed by atoms with E-state index < -0.39 is 6.10 Å². The Morgan fingerprint density at radius 2 is 1.90 bits per heavy atom. The SMILES string of the molecule is C#CCOc1ccc(CCNC(=O)C(COCc2ccc(Cl)cc2)OCC)cc1OC. The minimum Gasteiger partial charge on any atom is -0.493 e. The Bertz CT molecular complexity index is 863. The molecule has 0 aliphatic rings. The second-order valence-corrected chi connectivity index (χ2v) is 7.04. The number of rotatable bonds is 13. The molecule has 2 aromatic carbocycles. The van der Waals surface area contributed by atoms with Crippen LogP contribution in [0.4, 0.5) is 0 Å². The van der Waals surface area contributed by atoms with Crippen LogP contribution < -0.4 is 14.8 Å². The second-order valence-electron chi connectivity index (χ2n) is 6.60. The smallest absolute Gasteiger partial charge is 0.251 e. The summed E-state index contributed by atoms with van der Waals surface area (Å²) >= 11 is 5.88. The molecule has 1 amide bonds. The maximum atomic E-state index is 12.5. The summed E-state index contributed by atoms with van der Waals surface area (Å²) in [7, 11) is 1.57. The Kier molecular flexibility index (Phi) is 10.7. The highest BCUT2D eigenvalue weighted by Gasteiger charge is 2.18. The number of hydrogen-bond acceptors (Lipinski definition) is 5. The van der Waals surface area contributed by atoms with Gasteiger partial charge in [-0.15, -0.1) is 6.42 Å². The molecule has 0 bridgehead atoms. The van der Waals surface area contributed by atoms with Crippen molar-refractivity contribution in [1.82, 2.24) is 5.32 Å². The fourth-order valence-corrected chi connectivity index (χ4v) is 2.94. The lowest BCUT2D eigenvalue weighted by Gasteiger charge is -2.17. The molecule has 1 unspecified atom stereocenters. The van der Waals surface area contributed by atoms with Gasteiger partial charge >= 0.3 is 0 Å². The highest BCUT2D eigenvalue weighted by atomic mass is 35.5. The highest BCUT2D eigenvalue weighted by Crippen LogP contribution is 2.28. The summed E-state index contributed by atoms with van der Waals surface area (Å²) in [4.78, 5) is 12.5. The predicted molar refractivity (Wildman–Crippen MR) is 121 cm³/mol. The molecule has 0 saturated carbocycles. The van der Waals surface area contributed by atoms with Gasteiger partial charge in [-0.1, -0.05) is 35.7 Å². The van der Waals surface area contributed by atoms with Crippen molar-refractivity contribution in [2.45, 2.75) is 26.1 Å². The molecule has 2 rings (SSSR count). The lowest BCUT2D eigenvalue weighted by Crippen LogP contribution is -2.40. The minimum absolute atomic E-state index is 0.164. The minimum atomic E-state index is -0.675. The van der Waals surface area contributed by atoms with Crippen molar-refractivity contribution in [1.29, 1.82) is 0 Å². The van der Waals surface area contributed by atoms with Gasteiger partial charge in [-0.3, -0.25) is 4.79 Å². The first-order valence-corrected chi connectivity index (χ1v) is 10.4. The summed E-state index contributed by atoms with van der Waals surface area (Å²) in [5.41, 5.74) is 1.97. The molecule has 0 aliphatic carbocycles. The first-order valence-electron chi connectivity index (χ1n) is 10.0. The number of methoxy groups -OCH3 is 1. The van der Waals surface area contributed by atoms with Crippen LogP contribution in [-0.2, 0) is 27.3 Å². The van der Waals surface area contributed by atoms with Crippen molar-refractivity contribution >= 4 is 17.5 Å². The fraction of sp³-hybridized carbons (Fsp3) is 0.375. The van der Waals surface area contributed by atoms with Crippen molar-refractivity contribution < 1.29 is 23.7 Å². The number of ether oxygens (including phenoxy) is 4. The summed E-state index contributed by atoms with van der Waals surface area (Å²) in [5.74, 6) is 3.40. The summed E-state index contributed by atoms with van der Waals surface area (Å²) in [6.07, 6.45) is 5.18. The molecule has 31 heavy (non-hydrogen) atoms.